The molecule has 1 aliphatic rings. The first-order chi connectivity index (χ1) is 7.11. The summed E-state index contributed by atoms with van der Waals surface area (Å²) in [6.07, 6.45) is -1.19. The maximum Gasteiger partial charge on any atom is 0.109 e. The molecule has 0 unspecified atom stereocenters. The van der Waals surface area contributed by atoms with E-state index in [1.54, 1.807) is 0 Å². The molecule has 0 aromatic carbocycles. The molecule has 1 heterocycles. The Morgan fingerprint density at radius 3 is 2.31 bits per heavy atom. The number of unbranched alkanes of at least 4 members (excludes halogenated alkanes) is 1. The molecule has 1 aliphatic heterocycles. The SMILES string of the molecule is CCCCN1C[C@H](O)[C@@H](O)[C@@H](O)[C@H]1CO.Cl. The van der Waals surface area contributed by atoms with Crippen molar-refractivity contribution >= 4 is 12.4 Å². The highest BCUT2D eigenvalue weighted by Gasteiger charge is 2.40. The molecule has 1 rings (SSSR count). The minimum atomic E-state index is -1.15. The molecule has 0 bridgehead atoms. The number of aliphatic hydroxyl groups is 4. The van der Waals surface area contributed by atoms with Crippen LogP contribution in [0.2, 0.25) is 0 Å². The van der Waals surface area contributed by atoms with Crippen molar-refractivity contribution in [2.75, 3.05) is 19.7 Å². The summed E-state index contributed by atoms with van der Waals surface area (Å²) in [7, 11) is 0. The molecule has 1 fully saturated rings. The minimum Gasteiger partial charge on any atom is -0.395 e. The van der Waals surface area contributed by atoms with Gasteiger partial charge in [0.25, 0.3) is 0 Å². The van der Waals surface area contributed by atoms with Crippen molar-refractivity contribution in [2.24, 2.45) is 0 Å². The second-order valence-corrected chi connectivity index (χ2v) is 4.15. The van der Waals surface area contributed by atoms with Crippen LogP contribution in [0.3, 0.4) is 0 Å². The number of hydrogen-bond donors (Lipinski definition) is 4. The highest BCUT2D eigenvalue weighted by atomic mass is 35.5. The zero-order chi connectivity index (χ0) is 11.4. The Bertz CT molecular complexity index is 196. The van der Waals surface area contributed by atoms with Crippen LogP contribution in [0.15, 0.2) is 0 Å². The monoisotopic (exact) mass is 255 g/mol. The van der Waals surface area contributed by atoms with Gasteiger partial charge < -0.3 is 20.4 Å². The summed E-state index contributed by atoms with van der Waals surface area (Å²) in [6, 6.07) is -0.463. The predicted octanol–water partition coefficient (Wildman–Crippen LogP) is -1.03. The zero-order valence-electron chi connectivity index (χ0n) is 9.49. The van der Waals surface area contributed by atoms with E-state index in [0.717, 1.165) is 19.4 Å². The van der Waals surface area contributed by atoms with Crippen molar-refractivity contribution in [3.63, 3.8) is 0 Å². The van der Waals surface area contributed by atoms with Crippen LogP contribution in [0.4, 0.5) is 0 Å². The summed E-state index contributed by atoms with van der Waals surface area (Å²) in [5.41, 5.74) is 0. The Kier molecular flexibility index (Phi) is 7.46. The van der Waals surface area contributed by atoms with Crippen LogP contribution in [0.25, 0.3) is 0 Å². The number of aliphatic hydroxyl groups excluding tert-OH is 4. The molecular weight excluding hydrogens is 234 g/mol. The molecule has 5 nitrogen and oxygen atoms in total. The number of hydrogen-bond acceptors (Lipinski definition) is 5. The van der Waals surface area contributed by atoms with Gasteiger partial charge in [-0.15, -0.1) is 12.4 Å². The van der Waals surface area contributed by atoms with Crippen molar-refractivity contribution in [2.45, 2.75) is 44.1 Å². The minimum absolute atomic E-state index is 0. The van der Waals surface area contributed by atoms with Gasteiger partial charge in [0.15, 0.2) is 0 Å². The van der Waals surface area contributed by atoms with E-state index in [1.165, 1.54) is 0 Å². The first-order valence-corrected chi connectivity index (χ1v) is 5.51. The van der Waals surface area contributed by atoms with Crippen LogP contribution in [-0.4, -0.2) is 69.4 Å². The molecule has 98 valence electrons. The van der Waals surface area contributed by atoms with E-state index in [4.69, 9.17) is 5.11 Å². The first kappa shape index (κ1) is 16.1. The lowest BCUT2D eigenvalue weighted by Gasteiger charge is -2.43. The van der Waals surface area contributed by atoms with Crippen molar-refractivity contribution in [1.82, 2.24) is 4.90 Å². The van der Waals surface area contributed by atoms with E-state index in [1.807, 2.05) is 4.90 Å². The number of β-amino-alcohol motifs (C(OH)–C–C–N with tert-alkyl or cyclic N) is 1. The molecule has 0 aromatic heterocycles. The molecule has 0 radical (unpaired) electrons. The molecule has 0 aromatic rings. The van der Waals surface area contributed by atoms with Crippen LogP contribution < -0.4 is 0 Å². The first-order valence-electron chi connectivity index (χ1n) is 5.51. The van der Waals surface area contributed by atoms with Gasteiger partial charge in [-0.3, -0.25) is 4.90 Å². The predicted molar refractivity (Wildman–Crippen MR) is 62.6 cm³/mol. The quantitative estimate of drug-likeness (QED) is 0.516. The van der Waals surface area contributed by atoms with E-state index in [9.17, 15) is 15.3 Å². The number of halogens is 1. The summed E-state index contributed by atoms with van der Waals surface area (Å²) in [5, 5.41) is 37.8. The largest absolute Gasteiger partial charge is 0.395 e. The molecule has 0 aliphatic carbocycles. The molecule has 4 atom stereocenters. The van der Waals surface area contributed by atoms with Crippen LogP contribution in [0.1, 0.15) is 19.8 Å². The Labute approximate surface area is 102 Å². The average molecular weight is 256 g/mol. The van der Waals surface area contributed by atoms with Gasteiger partial charge in [0.1, 0.15) is 12.2 Å². The molecule has 6 heteroatoms. The van der Waals surface area contributed by atoms with Crippen LogP contribution in [0.5, 0.6) is 0 Å². The van der Waals surface area contributed by atoms with E-state index in [0.29, 0.717) is 6.54 Å². The summed E-state index contributed by atoms with van der Waals surface area (Å²) in [6.45, 7) is 2.89. The van der Waals surface area contributed by atoms with Gasteiger partial charge in [-0.1, -0.05) is 13.3 Å². The fraction of sp³-hybridized carbons (Fsp3) is 1.00. The Morgan fingerprint density at radius 2 is 1.81 bits per heavy atom. The molecule has 0 amide bonds. The lowest BCUT2D eigenvalue weighted by Crippen LogP contribution is -2.62. The average Bonchev–Trinajstić information content (AvgIpc) is 2.23. The maximum absolute atomic E-state index is 9.67. The van der Waals surface area contributed by atoms with Gasteiger partial charge in [0.05, 0.1) is 18.8 Å². The van der Waals surface area contributed by atoms with E-state index >= 15 is 0 Å². The molecule has 0 saturated carbocycles. The van der Waals surface area contributed by atoms with E-state index < -0.39 is 24.4 Å². The summed E-state index contributed by atoms with van der Waals surface area (Å²) < 4.78 is 0. The third kappa shape index (κ3) is 3.55. The van der Waals surface area contributed by atoms with Crippen LogP contribution in [0, 0.1) is 0 Å². The molecule has 0 spiro atoms. The fourth-order valence-electron chi connectivity index (χ4n) is 2.00. The van der Waals surface area contributed by atoms with Gasteiger partial charge in [-0.2, -0.15) is 0 Å². The van der Waals surface area contributed by atoms with E-state index in [2.05, 4.69) is 6.92 Å². The summed E-state index contributed by atoms with van der Waals surface area (Å²) >= 11 is 0. The standard InChI is InChI=1S/C10H21NO4.ClH/c1-2-3-4-11-5-8(13)10(15)9(14)7(11)6-12;/h7-10,12-15H,2-6H2,1H3;1H/t7-,8+,9+,10-;/m1./s1. The summed E-state index contributed by atoms with van der Waals surface area (Å²) in [5.74, 6) is 0. The smallest absolute Gasteiger partial charge is 0.109 e. The van der Waals surface area contributed by atoms with Gasteiger partial charge in [-0.25, -0.2) is 0 Å². The number of piperidine rings is 1. The van der Waals surface area contributed by atoms with E-state index in [-0.39, 0.29) is 19.0 Å². The number of nitrogens with zero attached hydrogens (tertiary/aromatic N) is 1. The molecule has 1 saturated heterocycles. The number of rotatable bonds is 4. The molecular formula is C10H22ClNO4. The highest BCUT2D eigenvalue weighted by molar-refractivity contribution is 5.85. The Balaban J connectivity index is 0.00000225. The lowest BCUT2D eigenvalue weighted by atomic mass is 9.94. The lowest BCUT2D eigenvalue weighted by molar-refractivity contribution is -0.145. The Hall–Kier alpha value is 0.0900. The second-order valence-electron chi connectivity index (χ2n) is 4.15. The van der Waals surface area contributed by atoms with Gasteiger partial charge >= 0.3 is 0 Å². The van der Waals surface area contributed by atoms with Crippen molar-refractivity contribution in [3.8, 4) is 0 Å². The van der Waals surface area contributed by atoms with Crippen molar-refractivity contribution in [1.29, 1.82) is 0 Å². The zero-order valence-corrected chi connectivity index (χ0v) is 10.3. The third-order valence-electron chi connectivity index (χ3n) is 3.01. The third-order valence-corrected chi connectivity index (χ3v) is 3.01. The van der Waals surface area contributed by atoms with Crippen LogP contribution in [-0.2, 0) is 0 Å². The van der Waals surface area contributed by atoms with Crippen molar-refractivity contribution in [3.05, 3.63) is 0 Å². The number of likely N-dealkylation sites (tertiary alicyclic amines) is 1. The van der Waals surface area contributed by atoms with Gasteiger partial charge in [0, 0.05) is 6.54 Å². The second kappa shape index (κ2) is 7.42. The highest BCUT2D eigenvalue weighted by Crippen LogP contribution is 2.19. The topological polar surface area (TPSA) is 84.2 Å². The molecule has 16 heavy (non-hydrogen) atoms. The normalized spacial score (nSPS) is 35.8. The molecule has 4 N–H and O–H groups in total. The summed E-state index contributed by atoms with van der Waals surface area (Å²) in [4.78, 5) is 1.84. The Morgan fingerprint density at radius 1 is 1.19 bits per heavy atom. The van der Waals surface area contributed by atoms with Crippen molar-refractivity contribution < 1.29 is 20.4 Å². The fourth-order valence-corrected chi connectivity index (χ4v) is 2.00. The van der Waals surface area contributed by atoms with Crippen LogP contribution >= 0.6 is 12.4 Å². The maximum atomic E-state index is 9.67. The van der Waals surface area contributed by atoms with Gasteiger partial charge in [-0.05, 0) is 13.0 Å². The van der Waals surface area contributed by atoms with Gasteiger partial charge in [0.2, 0.25) is 0 Å².